The fourth-order valence-electron chi connectivity index (χ4n) is 4.01. The second-order valence-corrected chi connectivity index (χ2v) is 6.58. The van der Waals surface area contributed by atoms with Gasteiger partial charge in [0.2, 0.25) is 5.91 Å². The summed E-state index contributed by atoms with van der Waals surface area (Å²) in [6.45, 7) is 4.64. The second kappa shape index (κ2) is 5.34. The molecule has 0 saturated carbocycles. The Kier molecular flexibility index (Phi) is 3.34. The summed E-state index contributed by atoms with van der Waals surface area (Å²) >= 11 is 0. The van der Waals surface area contributed by atoms with Crippen molar-refractivity contribution in [3.8, 4) is 0 Å². The number of fused-ring (bicyclic) bond motifs is 2. The number of nitrogens with one attached hydrogen (secondary N) is 1. The number of rotatable bonds is 3. The van der Waals surface area contributed by atoms with Gasteiger partial charge in [0.05, 0.1) is 0 Å². The van der Waals surface area contributed by atoms with E-state index in [4.69, 9.17) is 0 Å². The van der Waals surface area contributed by atoms with E-state index in [1.54, 1.807) is 0 Å². The maximum atomic E-state index is 11.8. The zero-order valence-corrected chi connectivity index (χ0v) is 12.4. The molecule has 2 bridgehead atoms. The molecule has 3 atom stereocenters. The number of carbonyl (C=O) groups excluding carboxylic acids is 1. The van der Waals surface area contributed by atoms with Crippen LogP contribution in [0.25, 0.3) is 0 Å². The van der Waals surface area contributed by atoms with E-state index in [-0.39, 0.29) is 5.91 Å². The van der Waals surface area contributed by atoms with Crippen molar-refractivity contribution in [1.29, 1.82) is 0 Å². The van der Waals surface area contributed by atoms with E-state index in [0.717, 1.165) is 24.6 Å². The van der Waals surface area contributed by atoms with Gasteiger partial charge in [0, 0.05) is 43.5 Å². The molecule has 0 spiro atoms. The lowest BCUT2D eigenvalue weighted by Crippen LogP contribution is -2.39. The van der Waals surface area contributed by atoms with Crippen LogP contribution in [0.3, 0.4) is 0 Å². The zero-order valence-electron chi connectivity index (χ0n) is 12.4. The highest BCUT2D eigenvalue weighted by molar-refractivity contribution is 5.95. The molecule has 1 aromatic carbocycles. The topological polar surface area (TPSA) is 35.6 Å². The summed E-state index contributed by atoms with van der Waals surface area (Å²) in [6.07, 6.45) is 4.26. The van der Waals surface area contributed by atoms with Gasteiger partial charge in [-0.2, -0.15) is 0 Å². The Bertz CT molecular complexity index is 527. The average molecular weight is 285 g/mol. The van der Waals surface area contributed by atoms with Crippen LogP contribution in [0.15, 0.2) is 24.3 Å². The molecule has 1 amide bonds. The van der Waals surface area contributed by atoms with Gasteiger partial charge in [0.15, 0.2) is 0 Å². The highest BCUT2D eigenvalue weighted by Crippen LogP contribution is 2.30. The van der Waals surface area contributed by atoms with Crippen molar-refractivity contribution < 1.29 is 4.79 Å². The van der Waals surface area contributed by atoms with Crippen molar-refractivity contribution in [1.82, 2.24) is 4.90 Å². The summed E-state index contributed by atoms with van der Waals surface area (Å²) in [7, 11) is 0. The predicted molar refractivity (Wildman–Crippen MR) is 84.6 cm³/mol. The first-order valence-corrected chi connectivity index (χ1v) is 8.19. The quantitative estimate of drug-likeness (QED) is 0.926. The summed E-state index contributed by atoms with van der Waals surface area (Å²) in [5.74, 6) is 1.06. The molecule has 3 fully saturated rings. The molecule has 4 nitrogen and oxygen atoms in total. The van der Waals surface area contributed by atoms with Gasteiger partial charge in [-0.05, 0) is 56.0 Å². The molecule has 3 heterocycles. The Balaban J connectivity index is 1.43. The molecular formula is C17H23N3O. The van der Waals surface area contributed by atoms with Crippen LogP contribution in [0.5, 0.6) is 0 Å². The number of anilines is 2. The minimum Gasteiger partial charge on any atom is -0.382 e. The normalized spacial score (nSPS) is 31.7. The standard InChI is InChI=1S/C17H23N3O/c21-17-2-1-9-20(17)15-5-3-14(4-6-15)18-16-8-11-19-10-7-13(16)12-19/h3-6,13,16,18H,1-2,7-12H2. The van der Waals surface area contributed by atoms with Crippen LogP contribution in [0.2, 0.25) is 0 Å². The number of benzene rings is 1. The van der Waals surface area contributed by atoms with Crippen LogP contribution in [0, 0.1) is 5.92 Å². The highest BCUT2D eigenvalue weighted by Gasteiger charge is 2.34. The Morgan fingerprint density at radius 3 is 2.62 bits per heavy atom. The van der Waals surface area contributed by atoms with E-state index in [2.05, 4.69) is 34.5 Å². The van der Waals surface area contributed by atoms with Crippen molar-refractivity contribution in [2.24, 2.45) is 5.92 Å². The molecule has 21 heavy (non-hydrogen) atoms. The summed E-state index contributed by atoms with van der Waals surface area (Å²) in [5.41, 5.74) is 2.23. The minimum atomic E-state index is 0.258. The van der Waals surface area contributed by atoms with Crippen molar-refractivity contribution >= 4 is 17.3 Å². The fourth-order valence-corrected chi connectivity index (χ4v) is 4.01. The van der Waals surface area contributed by atoms with E-state index in [9.17, 15) is 4.79 Å². The SMILES string of the molecule is O=C1CCCN1c1ccc(NC2CCN3CCC2C3)cc1. The zero-order chi connectivity index (χ0) is 14.2. The first kappa shape index (κ1) is 13.1. The monoisotopic (exact) mass is 285 g/mol. The molecular weight excluding hydrogens is 262 g/mol. The van der Waals surface area contributed by atoms with Crippen molar-refractivity contribution in [2.75, 3.05) is 36.4 Å². The average Bonchev–Trinajstić information content (AvgIpc) is 3.10. The molecule has 1 aromatic rings. The van der Waals surface area contributed by atoms with Crippen molar-refractivity contribution in [2.45, 2.75) is 31.7 Å². The first-order chi connectivity index (χ1) is 10.3. The predicted octanol–water partition coefficient (Wildman–Crippen LogP) is 2.32. The van der Waals surface area contributed by atoms with Gasteiger partial charge in [-0.1, -0.05) is 0 Å². The molecule has 4 heteroatoms. The largest absolute Gasteiger partial charge is 0.382 e. The lowest BCUT2D eigenvalue weighted by Gasteiger charge is -2.31. The van der Waals surface area contributed by atoms with Gasteiger partial charge in [-0.3, -0.25) is 4.79 Å². The number of nitrogens with zero attached hydrogens (tertiary/aromatic N) is 2. The molecule has 3 aliphatic heterocycles. The molecule has 4 rings (SSSR count). The van der Waals surface area contributed by atoms with Crippen molar-refractivity contribution in [3.63, 3.8) is 0 Å². The summed E-state index contributed by atoms with van der Waals surface area (Å²) in [5, 5.41) is 3.71. The summed E-state index contributed by atoms with van der Waals surface area (Å²) in [6, 6.07) is 9.03. The van der Waals surface area contributed by atoms with Crippen LogP contribution < -0.4 is 10.2 Å². The molecule has 0 aliphatic carbocycles. The van der Waals surface area contributed by atoms with E-state index >= 15 is 0 Å². The number of carbonyl (C=O) groups is 1. The van der Waals surface area contributed by atoms with Gasteiger partial charge < -0.3 is 15.1 Å². The first-order valence-electron chi connectivity index (χ1n) is 8.19. The Morgan fingerprint density at radius 2 is 1.86 bits per heavy atom. The van der Waals surface area contributed by atoms with Gasteiger partial charge >= 0.3 is 0 Å². The minimum absolute atomic E-state index is 0.258. The molecule has 3 aliphatic rings. The van der Waals surface area contributed by atoms with Crippen LogP contribution in [-0.4, -0.2) is 43.0 Å². The number of hydrogen-bond acceptors (Lipinski definition) is 3. The van der Waals surface area contributed by atoms with E-state index in [1.807, 2.05) is 4.90 Å². The molecule has 0 aromatic heterocycles. The Morgan fingerprint density at radius 1 is 1.05 bits per heavy atom. The number of amides is 1. The lowest BCUT2D eigenvalue weighted by atomic mass is 9.94. The van der Waals surface area contributed by atoms with Crippen LogP contribution in [0.4, 0.5) is 11.4 Å². The third-order valence-electron chi connectivity index (χ3n) is 5.24. The Hall–Kier alpha value is -1.55. The third kappa shape index (κ3) is 2.53. The van der Waals surface area contributed by atoms with Crippen LogP contribution in [-0.2, 0) is 4.79 Å². The molecule has 112 valence electrons. The summed E-state index contributed by atoms with van der Waals surface area (Å²) < 4.78 is 0. The fraction of sp³-hybridized carbons (Fsp3) is 0.588. The number of hydrogen-bond donors (Lipinski definition) is 1. The van der Waals surface area contributed by atoms with Gasteiger partial charge in [-0.25, -0.2) is 0 Å². The van der Waals surface area contributed by atoms with Gasteiger partial charge in [0.25, 0.3) is 0 Å². The molecule has 3 unspecified atom stereocenters. The van der Waals surface area contributed by atoms with Crippen LogP contribution >= 0.6 is 0 Å². The van der Waals surface area contributed by atoms with Gasteiger partial charge in [-0.15, -0.1) is 0 Å². The molecule has 1 N–H and O–H groups in total. The second-order valence-electron chi connectivity index (χ2n) is 6.58. The molecule has 3 saturated heterocycles. The molecule has 0 radical (unpaired) electrons. The maximum absolute atomic E-state index is 11.8. The van der Waals surface area contributed by atoms with Gasteiger partial charge in [0.1, 0.15) is 0 Å². The van der Waals surface area contributed by atoms with Crippen LogP contribution in [0.1, 0.15) is 25.7 Å². The lowest BCUT2D eigenvalue weighted by molar-refractivity contribution is -0.117. The van der Waals surface area contributed by atoms with E-state index in [1.165, 1.54) is 38.2 Å². The highest BCUT2D eigenvalue weighted by atomic mass is 16.2. The summed E-state index contributed by atoms with van der Waals surface area (Å²) in [4.78, 5) is 16.2. The number of piperidine rings is 1. The Labute approximate surface area is 126 Å². The maximum Gasteiger partial charge on any atom is 0.227 e. The van der Waals surface area contributed by atoms with E-state index in [0.29, 0.717) is 12.5 Å². The van der Waals surface area contributed by atoms with E-state index < -0.39 is 0 Å². The smallest absolute Gasteiger partial charge is 0.227 e. The van der Waals surface area contributed by atoms with Crippen molar-refractivity contribution in [3.05, 3.63) is 24.3 Å². The third-order valence-corrected chi connectivity index (χ3v) is 5.24.